The van der Waals surface area contributed by atoms with E-state index in [1.165, 1.54) is 51.4 Å². The molecule has 0 heterocycles. The second kappa shape index (κ2) is 5.22. The van der Waals surface area contributed by atoms with E-state index in [1.54, 1.807) is 6.42 Å². The molecule has 0 aromatic carbocycles. The zero-order chi connectivity index (χ0) is 21.8. The normalized spacial score (nSPS) is 61.3. The topological polar surface area (TPSA) is 0 Å². The van der Waals surface area contributed by atoms with E-state index in [9.17, 15) is 0 Å². The van der Waals surface area contributed by atoms with Gasteiger partial charge in [0, 0.05) is 0 Å². The van der Waals surface area contributed by atoms with Crippen LogP contribution in [0, 0.1) is 67.5 Å². The number of hydrogen-bond acceptors (Lipinski definition) is 0. The predicted octanol–water partition coefficient (Wildman–Crippen LogP) is 8.74. The van der Waals surface area contributed by atoms with Gasteiger partial charge >= 0.3 is 0 Å². The third-order valence-electron chi connectivity index (χ3n) is 15.3. The summed E-state index contributed by atoms with van der Waals surface area (Å²) in [5.41, 5.74) is 3.78. The van der Waals surface area contributed by atoms with Gasteiger partial charge in [0.15, 0.2) is 0 Å². The molecule has 0 N–H and O–H groups in total. The lowest BCUT2D eigenvalue weighted by Gasteiger charge is -2.87. The second-order valence-corrected chi connectivity index (χ2v) is 15.9. The van der Waals surface area contributed by atoms with E-state index in [2.05, 4.69) is 62.3 Å². The highest BCUT2D eigenvalue weighted by molar-refractivity contribution is 5.31. The fraction of sp³-hybridized carbons (Fsp3) is 1.00. The van der Waals surface area contributed by atoms with Gasteiger partial charge in [-0.05, 0) is 125 Å². The van der Waals surface area contributed by atoms with E-state index in [4.69, 9.17) is 0 Å². The summed E-state index contributed by atoms with van der Waals surface area (Å²) in [6, 6.07) is 0. The van der Waals surface area contributed by atoms with Crippen molar-refractivity contribution in [2.45, 2.75) is 120 Å². The first-order chi connectivity index (χ1) is 13.7. The van der Waals surface area contributed by atoms with Crippen molar-refractivity contribution in [1.82, 2.24) is 0 Å². The molecular formula is C30H50. The Balaban J connectivity index is 1.53. The highest BCUT2D eigenvalue weighted by Gasteiger charge is 2.83. The maximum atomic E-state index is 2.86. The molecule has 0 aliphatic heterocycles. The maximum absolute atomic E-state index is 2.86. The molecule has 0 unspecified atom stereocenters. The highest BCUT2D eigenvalue weighted by Crippen LogP contribution is 2.89. The van der Waals surface area contributed by atoms with Crippen LogP contribution in [0.5, 0.6) is 0 Å². The third-order valence-corrected chi connectivity index (χ3v) is 15.3. The van der Waals surface area contributed by atoms with E-state index >= 15 is 0 Å². The molecule has 0 radical (unpaired) electrons. The molecule has 9 atom stereocenters. The standard InChI is InChI=1S/C30H50/c1-24(2)19-10-13-27(7,22(24)16-19)29(9)15-12-21-18-30(29,26(21,5)6)28(8)14-11-20-17-23(28)25(20,3)4/h19-23H,10-18H2,1-9H3/t19-,20-,21-,22-,23-,27-,28-,29+,30-/m0/s1. The van der Waals surface area contributed by atoms with Gasteiger partial charge in [-0.2, -0.15) is 0 Å². The summed E-state index contributed by atoms with van der Waals surface area (Å²) in [7, 11) is 0. The minimum Gasteiger partial charge on any atom is -0.0594 e. The van der Waals surface area contributed by atoms with Crippen LogP contribution in [0.1, 0.15) is 120 Å². The monoisotopic (exact) mass is 410 g/mol. The molecular weight excluding hydrogens is 360 g/mol. The molecule has 9 aliphatic rings. The molecule has 0 aromatic heterocycles. The van der Waals surface area contributed by atoms with E-state index < -0.39 is 0 Å². The van der Waals surface area contributed by atoms with Gasteiger partial charge in [0.05, 0.1) is 0 Å². The van der Waals surface area contributed by atoms with Crippen LogP contribution in [0.2, 0.25) is 0 Å². The Hall–Kier alpha value is 0. The predicted molar refractivity (Wildman–Crippen MR) is 127 cm³/mol. The van der Waals surface area contributed by atoms with Gasteiger partial charge in [0.2, 0.25) is 0 Å². The summed E-state index contributed by atoms with van der Waals surface area (Å²) < 4.78 is 0. The van der Waals surface area contributed by atoms with Gasteiger partial charge in [-0.15, -0.1) is 0 Å². The number of hydrogen-bond donors (Lipinski definition) is 0. The van der Waals surface area contributed by atoms with Gasteiger partial charge in [-0.1, -0.05) is 62.3 Å². The fourth-order valence-corrected chi connectivity index (χ4v) is 13.2. The van der Waals surface area contributed by atoms with Crippen LogP contribution in [0.25, 0.3) is 0 Å². The van der Waals surface area contributed by atoms with Crippen LogP contribution in [0.4, 0.5) is 0 Å². The van der Waals surface area contributed by atoms with Crippen molar-refractivity contribution in [3.05, 3.63) is 0 Å². The molecule has 9 aliphatic carbocycles. The van der Waals surface area contributed by atoms with Gasteiger partial charge in [-0.25, -0.2) is 0 Å². The van der Waals surface area contributed by atoms with Crippen molar-refractivity contribution in [3.63, 3.8) is 0 Å². The van der Waals surface area contributed by atoms with Crippen LogP contribution in [0.3, 0.4) is 0 Å². The van der Waals surface area contributed by atoms with Crippen molar-refractivity contribution in [1.29, 1.82) is 0 Å². The smallest absolute Gasteiger partial charge is 0.0125 e. The van der Waals surface area contributed by atoms with Crippen molar-refractivity contribution in [2.24, 2.45) is 67.5 Å². The number of fused-ring (bicyclic) bond motifs is 7. The van der Waals surface area contributed by atoms with E-state index in [0.29, 0.717) is 37.9 Å². The summed E-state index contributed by atoms with van der Waals surface area (Å²) >= 11 is 0. The lowest BCUT2D eigenvalue weighted by atomic mass is 9.17. The Bertz CT molecular complexity index is 782. The molecule has 9 fully saturated rings. The molecule has 0 spiro atoms. The molecule has 0 aromatic rings. The second-order valence-electron chi connectivity index (χ2n) is 15.9. The van der Waals surface area contributed by atoms with Crippen molar-refractivity contribution in [2.75, 3.05) is 0 Å². The Morgan fingerprint density at radius 2 is 1.00 bits per heavy atom. The third kappa shape index (κ3) is 1.72. The minimum absolute atomic E-state index is 0.499. The zero-order valence-electron chi connectivity index (χ0n) is 21.8. The fourth-order valence-electron chi connectivity index (χ4n) is 13.2. The summed E-state index contributed by atoms with van der Waals surface area (Å²) in [6.07, 6.45) is 13.7. The highest BCUT2D eigenvalue weighted by atomic mass is 14.9. The van der Waals surface area contributed by atoms with E-state index in [-0.39, 0.29) is 0 Å². The van der Waals surface area contributed by atoms with Crippen molar-refractivity contribution in [3.8, 4) is 0 Å². The van der Waals surface area contributed by atoms with Gasteiger partial charge < -0.3 is 0 Å². The Morgan fingerprint density at radius 1 is 0.533 bits per heavy atom. The molecule has 170 valence electrons. The molecule has 0 heteroatoms. The van der Waals surface area contributed by atoms with Crippen LogP contribution in [-0.2, 0) is 0 Å². The summed E-state index contributed by atoms with van der Waals surface area (Å²) in [4.78, 5) is 0. The van der Waals surface area contributed by atoms with Crippen molar-refractivity contribution < 1.29 is 0 Å². The maximum Gasteiger partial charge on any atom is -0.0125 e. The van der Waals surface area contributed by atoms with E-state index in [1.807, 2.05) is 0 Å². The first-order valence-electron chi connectivity index (χ1n) is 13.7. The van der Waals surface area contributed by atoms with Crippen LogP contribution < -0.4 is 0 Å². The molecule has 0 amide bonds. The number of rotatable bonds is 2. The SMILES string of the molecule is CC1(C)[C@H]2CC[C@](C)([C@@]3(C)CC[C@H]4C[C@@]3([C@@]3(C)CC[C@H]5C[C@H]3C5(C)C)C4(C)C)[C@H]1C2. The van der Waals surface area contributed by atoms with Crippen LogP contribution in [-0.4, -0.2) is 0 Å². The van der Waals surface area contributed by atoms with Gasteiger partial charge in [-0.3, -0.25) is 0 Å². The summed E-state index contributed by atoms with van der Waals surface area (Å²) in [5.74, 6) is 4.91. The average molecular weight is 411 g/mol. The summed E-state index contributed by atoms with van der Waals surface area (Å²) in [5, 5.41) is 0. The largest absolute Gasteiger partial charge is 0.0594 e. The zero-order valence-corrected chi connectivity index (χ0v) is 21.8. The Morgan fingerprint density at radius 3 is 1.47 bits per heavy atom. The van der Waals surface area contributed by atoms with Gasteiger partial charge in [0.25, 0.3) is 0 Å². The summed E-state index contributed by atoms with van der Waals surface area (Å²) in [6.45, 7) is 24.5. The van der Waals surface area contributed by atoms with Crippen molar-refractivity contribution >= 4 is 0 Å². The molecule has 9 saturated carbocycles. The first kappa shape index (κ1) is 20.6. The first-order valence-corrected chi connectivity index (χ1v) is 13.7. The molecule has 6 bridgehead atoms. The lowest BCUT2D eigenvalue weighted by Crippen LogP contribution is -2.80. The molecule has 0 saturated heterocycles. The quantitative estimate of drug-likeness (QED) is 0.427. The lowest BCUT2D eigenvalue weighted by molar-refractivity contribution is -0.387. The van der Waals surface area contributed by atoms with E-state index in [0.717, 1.165) is 29.6 Å². The van der Waals surface area contributed by atoms with Crippen LogP contribution in [0.15, 0.2) is 0 Å². The Kier molecular flexibility index (Phi) is 3.58. The molecule has 0 nitrogen and oxygen atoms in total. The van der Waals surface area contributed by atoms with Gasteiger partial charge in [0.1, 0.15) is 0 Å². The molecule has 9 rings (SSSR count). The minimum atomic E-state index is 0.499. The molecule has 30 heavy (non-hydrogen) atoms. The Labute approximate surface area is 187 Å². The van der Waals surface area contributed by atoms with Crippen LogP contribution >= 0.6 is 0 Å². The average Bonchev–Trinajstić information content (AvgIpc) is 2.66.